The molecule has 0 aliphatic heterocycles. The molecule has 0 fully saturated rings. The second-order valence-electron chi connectivity index (χ2n) is 6.31. The van der Waals surface area contributed by atoms with E-state index in [0.29, 0.717) is 27.6 Å². The van der Waals surface area contributed by atoms with E-state index in [2.05, 4.69) is 26.5 Å². The molecule has 32 heavy (non-hydrogen) atoms. The molecular formula is C23H18BrClN2O5. The minimum Gasteiger partial charge on any atom is -0.497 e. The van der Waals surface area contributed by atoms with Crippen molar-refractivity contribution in [2.45, 2.75) is 0 Å². The van der Waals surface area contributed by atoms with E-state index in [1.54, 1.807) is 73.8 Å². The average Bonchev–Trinajstić information content (AvgIpc) is 2.80. The van der Waals surface area contributed by atoms with Crippen LogP contribution in [-0.4, -0.2) is 31.8 Å². The van der Waals surface area contributed by atoms with Crippen LogP contribution in [0.1, 0.15) is 15.9 Å². The van der Waals surface area contributed by atoms with E-state index in [-0.39, 0.29) is 12.4 Å². The predicted molar refractivity (Wildman–Crippen MR) is 125 cm³/mol. The average molecular weight is 518 g/mol. The molecule has 3 aromatic carbocycles. The minimum atomic E-state index is -0.540. The first-order valence-electron chi connectivity index (χ1n) is 9.31. The van der Waals surface area contributed by atoms with Crippen LogP contribution in [0.5, 0.6) is 17.2 Å². The maximum Gasteiger partial charge on any atom is 0.343 e. The number of nitrogens with one attached hydrogen (secondary N) is 1. The molecule has 1 amide bonds. The lowest BCUT2D eigenvalue weighted by molar-refractivity contribution is -0.123. The topological polar surface area (TPSA) is 86.2 Å². The predicted octanol–water partition coefficient (Wildman–Crippen LogP) is 4.86. The van der Waals surface area contributed by atoms with E-state index in [0.717, 1.165) is 4.47 Å². The van der Waals surface area contributed by atoms with Crippen LogP contribution >= 0.6 is 27.5 Å². The molecule has 0 atom stereocenters. The molecule has 164 valence electrons. The second-order valence-corrected chi connectivity index (χ2v) is 7.64. The van der Waals surface area contributed by atoms with Gasteiger partial charge >= 0.3 is 5.97 Å². The Morgan fingerprint density at radius 1 is 1.06 bits per heavy atom. The smallest absolute Gasteiger partial charge is 0.343 e. The first kappa shape index (κ1) is 23.3. The summed E-state index contributed by atoms with van der Waals surface area (Å²) in [4.78, 5) is 24.5. The van der Waals surface area contributed by atoms with E-state index in [1.807, 2.05) is 0 Å². The fourth-order valence-corrected chi connectivity index (χ4v) is 3.08. The lowest BCUT2D eigenvalue weighted by atomic mass is 10.2. The number of amides is 1. The van der Waals surface area contributed by atoms with Gasteiger partial charge in [0.2, 0.25) is 0 Å². The summed E-state index contributed by atoms with van der Waals surface area (Å²) >= 11 is 9.35. The Morgan fingerprint density at radius 3 is 2.53 bits per heavy atom. The number of carbonyl (C=O) groups excluding carboxylic acids is 2. The maximum absolute atomic E-state index is 12.5. The highest BCUT2D eigenvalue weighted by molar-refractivity contribution is 9.10. The monoisotopic (exact) mass is 516 g/mol. The number of hydrazone groups is 1. The number of hydrogen-bond donors (Lipinski definition) is 1. The summed E-state index contributed by atoms with van der Waals surface area (Å²) in [6, 6.07) is 18.4. The highest BCUT2D eigenvalue weighted by atomic mass is 79.9. The molecule has 0 aliphatic rings. The molecule has 7 nitrogen and oxygen atoms in total. The van der Waals surface area contributed by atoms with E-state index < -0.39 is 11.9 Å². The highest BCUT2D eigenvalue weighted by Gasteiger charge is 2.12. The standard InChI is InChI=1S/C23H18BrClN2O5/c1-30-18-9-6-15(7-10-18)23(29)32-20-11-8-17(24)12-16(20)13-26-27-22(28)14-31-21-5-3-2-4-19(21)25/h2-13H,14H2,1H3,(H,27,28)/b26-13-. The second kappa shape index (κ2) is 11.3. The van der Waals surface area contributed by atoms with Crippen LogP contribution in [0.4, 0.5) is 0 Å². The van der Waals surface area contributed by atoms with Gasteiger partial charge in [-0.15, -0.1) is 0 Å². The summed E-state index contributed by atoms with van der Waals surface area (Å²) in [5.41, 5.74) is 3.20. The van der Waals surface area contributed by atoms with Gasteiger partial charge in [-0.25, -0.2) is 10.2 Å². The molecule has 0 radical (unpaired) electrons. The fourth-order valence-electron chi connectivity index (χ4n) is 2.51. The molecule has 0 spiro atoms. The quantitative estimate of drug-likeness (QED) is 0.200. The summed E-state index contributed by atoms with van der Waals surface area (Å²) in [5, 5.41) is 4.32. The number of nitrogens with zero attached hydrogens (tertiary/aromatic N) is 1. The Morgan fingerprint density at radius 2 is 1.81 bits per heavy atom. The molecule has 0 bridgehead atoms. The third-order valence-corrected chi connectivity index (χ3v) is 4.89. The molecular weight excluding hydrogens is 500 g/mol. The molecule has 0 heterocycles. The van der Waals surface area contributed by atoms with Gasteiger partial charge in [0.15, 0.2) is 6.61 Å². The number of ether oxygens (including phenoxy) is 3. The summed E-state index contributed by atoms with van der Waals surface area (Å²) in [5.74, 6) is 0.286. The number of halogens is 2. The van der Waals surface area contributed by atoms with Crippen LogP contribution in [0.3, 0.4) is 0 Å². The number of para-hydroxylation sites is 1. The van der Waals surface area contributed by atoms with Crippen molar-refractivity contribution in [3.05, 3.63) is 87.4 Å². The molecule has 9 heteroatoms. The van der Waals surface area contributed by atoms with Crippen molar-refractivity contribution < 1.29 is 23.8 Å². The van der Waals surface area contributed by atoms with Crippen molar-refractivity contribution in [3.63, 3.8) is 0 Å². The third kappa shape index (κ3) is 6.57. The number of carbonyl (C=O) groups is 2. The molecule has 0 aliphatic carbocycles. The zero-order valence-corrected chi connectivity index (χ0v) is 19.2. The SMILES string of the molecule is COc1ccc(C(=O)Oc2ccc(Br)cc2/C=N\NC(=O)COc2ccccc2Cl)cc1. The minimum absolute atomic E-state index is 0.265. The normalized spacial score (nSPS) is 10.6. The van der Waals surface area contributed by atoms with Gasteiger partial charge in [-0.05, 0) is 54.6 Å². The molecule has 0 saturated heterocycles. The van der Waals surface area contributed by atoms with Gasteiger partial charge in [0.25, 0.3) is 5.91 Å². The summed E-state index contributed by atoms with van der Waals surface area (Å²) in [6.45, 7) is -0.265. The van der Waals surface area contributed by atoms with Crippen molar-refractivity contribution >= 4 is 45.6 Å². The maximum atomic E-state index is 12.5. The Bertz CT molecular complexity index is 1140. The number of esters is 1. The number of methoxy groups -OCH3 is 1. The van der Waals surface area contributed by atoms with Gasteiger partial charge in [-0.3, -0.25) is 4.79 Å². The van der Waals surface area contributed by atoms with Gasteiger partial charge in [0, 0.05) is 10.0 Å². The molecule has 3 rings (SSSR count). The van der Waals surface area contributed by atoms with Crippen LogP contribution in [0.2, 0.25) is 5.02 Å². The van der Waals surface area contributed by atoms with Crippen LogP contribution in [0, 0.1) is 0 Å². The Balaban J connectivity index is 1.62. The lowest BCUT2D eigenvalue weighted by Crippen LogP contribution is -2.24. The van der Waals surface area contributed by atoms with Crippen molar-refractivity contribution in [3.8, 4) is 17.2 Å². The number of benzene rings is 3. The van der Waals surface area contributed by atoms with E-state index >= 15 is 0 Å². The van der Waals surface area contributed by atoms with Crippen molar-refractivity contribution in [1.82, 2.24) is 5.43 Å². The molecule has 0 aromatic heterocycles. The van der Waals surface area contributed by atoms with E-state index in [4.69, 9.17) is 25.8 Å². The van der Waals surface area contributed by atoms with E-state index in [9.17, 15) is 9.59 Å². The first-order valence-corrected chi connectivity index (χ1v) is 10.5. The molecule has 0 unspecified atom stereocenters. The fraction of sp³-hybridized carbons (Fsp3) is 0.0870. The van der Waals surface area contributed by atoms with Crippen molar-refractivity contribution in [1.29, 1.82) is 0 Å². The van der Waals surface area contributed by atoms with Crippen molar-refractivity contribution in [2.75, 3.05) is 13.7 Å². The highest BCUT2D eigenvalue weighted by Crippen LogP contribution is 2.24. The van der Waals surface area contributed by atoms with Gasteiger partial charge in [-0.2, -0.15) is 5.10 Å². The summed E-state index contributed by atoms with van der Waals surface area (Å²) in [6.07, 6.45) is 1.37. The van der Waals surface area contributed by atoms with Crippen LogP contribution in [0.25, 0.3) is 0 Å². The number of hydrogen-bond acceptors (Lipinski definition) is 6. The van der Waals surface area contributed by atoms with Gasteiger partial charge in [-0.1, -0.05) is 39.7 Å². The first-order chi connectivity index (χ1) is 15.5. The van der Waals surface area contributed by atoms with Crippen LogP contribution < -0.4 is 19.6 Å². The third-order valence-electron chi connectivity index (χ3n) is 4.09. The Hall–Kier alpha value is -3.36. The van der Waals surface area contributed by atoms with E-state index in [1.165, 1.54) is 6.21 Å². The van der Waals surface area contributed by atoms with Crippen LogP contribution in [-0.2, 0) is 4.79 Å². The largest absolute Gasteiger partial charge is 0.497 e. The molecule has 3 aromatic rings. The molecule has 0 saturated carbocycles. The lowest BCUT2D eigenvalue weighted by Gasteiger charge is -2.09. The summed E-state index contributed by atoms with van der Waals surface area (Å²) in [7, 11) is 1.54. The zero-order chi connectivity index (χ0) is 22.9. The Kier molecular flexibility index (Phi) is 8.24. The van der Waals surface area contributed by atoms with Crippen molar-refractivity contribution in [2.24, 2.45) is 5.10 Å². The number of rotatable bonds is 8. The Labute approximate surface area is 198 Å². The van der Waals surface area contributed by atoms with Gasteiger partial charge < -0.3 is 14.2 Å². The zero-order valence-electron chi connectivity index (χ0n) is 16.9. The van der Waals surface area contributed by atoms with Crippen LogP contribution in [0.15, 0.2) is 76.3 Å². The molecule has 1 N–H and O–H groups in total. The van der Waals surface area contributed by atoms with Gasteiger partial charge in [0.05, 0.1) is 23.9 Å². The van der Waals surface area contributed by atoms with Gasteiger partial charge in [0.1, 0.15) is 17.2 Å². The summed E-state index contributed by atoms with van der Waals surface area (Å²) < 4.78 is 16.7.